The standard InChI is InChI=1S/C35H46O5/c1-12-23-13-24(14-26(37)40-18-32(6,7)8)20(3)28-25(23)16-33(9)17-34(10)15-19(2)27(22(5)36)31(39)35(34,11)21(4)29(33)30(28)38/h13H,12,14-18H2,1-11H3. The van der Waals surface area contributed by atoms with Crippen LogP contribution in [-0.4, -0.2) is 29.9 Å². The number of Topliss-reactive ketones (excluding diaryl/α,β-unsaturated/α-hetero) is 3. The maximum absolute atomic E-state index is 14.6. The third-order valence-electron chi connectivity index (χ3n) is 10.1. The van der Waals surface area contributed by atoms with E-state index in [1.54, 1.807) is 0 Å². The molecule has 0 radical (unpaired) electrons. The minimum Gasteiger partial charge on any atom is -0.465 e. The molecular formula is C35H46O5. The van der Waals surface area contributed by atoms with Crippen LogP contribution >= 0.6 is 0 Å². The van der Waals surface area contributed by atoms with Crippen molar-refractivity contribution in [2.75, 3.05) is 6.61 Å². The second-order valence-corrected chi connectivity index (χ2v) is 14.6. The second kappa shape index (κ2) is 9.63. The lowest BCUT2D eigenvalue weighted by atomic mass is 9.42. The van der Waals surface area contributed by atoms with E-state index in [2.05, 4.69) is 26.8 Å². The normalized spacial score (nSPS) is 28.3. The van der Waals surface area contributed by atoms with E-state index < -0.39 is 16.2 Å². The van der Waals surface area contributed by atoms with Gasteiger partial charge >= 0.3 is 5.97 Å². The first-order valence-electron chi connectivity index (χ1n) is 14.6. The summed E-state index contributed by atoms with van der Waals surface area (Å²) in [6, 6.07) is 2.09. The zero-order valence-corrected chi connectivity index (χ0v) is 26.4. The minimum atomic E-state index is -0.939. The van der Waals surface area contributed by atoms with Gasteiger partial charge in [0.05, 0.1) is 24.0 Å². The van der Waals surface area contributed by atoms with Crippen molar-refractivity contribution in [2.45, 2.75) is 108 Å². The highest BCUT2D eigenvalue weighted by Crippen LogP contribution is 2.66. The summed E-state index contributed by atoms with van der Waals surface area (Å²) in [5, 5.41) is 0. The average molecular weight is 547 g/mol. The van der Waals surface area contributed by atoms with Crippen LogP contribution < -0.4 is 0 Å². The van der Waals surface area contributed by atoms with Gasteiger partial charge in [-0.15, -0.1) is 0 Å². The molecule has 3 aliphatic rings. The van der Waals surface area contributed by atoms with Gasteiger partial charge in [-0.2, -0.15) is 0 Å². The molecule has 0 aromatic heterocycles. The molecule has 0 aliphatic heterocycles. The van der Waals surface area contributed by atoms with Crippen LogP contribution in [0.1, 0.15) is 115 Å². The number of hydrogen-bond acceptors (Lipinski definition) is 5. The predicted octanol–water partition coefficient (Wildman–Crippen LogP) is 7.05. The van der Waals surface area contributed by atoms with Crippen LogP contribution in [0.15, 0.2) is 28.4 Å². The molecule has 0 fully saturated rings. The van der Waals surface area contributed by atoms with Gasteiger partial charge in [-0.3, -0.25) is 19.2 Å². The van der Waals surface area contributed by atoms with Crippen molar-refractivity contribution < 1.29 is 23.9 Å². The Morgan fingerprint density at radius 3 is 2.17 bits per heavy atom. The number of hydrogen-bond donors (Lipinski definition) is 0. The van der Waals surface area contributed by atoms with E-state index in [4.69, 9.17) is 4.74 Å². The van der Waals surface area contributed by atoms with Crippen LogP contribution in [0.25, 0.3) is 0 Å². The van der Waals surface area contributed by atoms with E-state index in [1.165, 1.54) is 6.92 Å². The molecule has 5 heteroatoms. The quantitative estimate of drug-likeness (QED) is 0.292. The van der Waals surface area contributed by atoms with Crippen molar-refractivity contribution in [3.8, 4) is 0 Å². The van der Waals surface area contributed by atoms with Gasteiger partial charge < -0.3 is 4.74 Å². The van der Waals surface area contributed by atoms with Crippen LogP contribution in [-0.2, 0) is 38.4 Å². The third kappa shape index (κ3) is 4.44. The summed E-state index contributed by atoms with van der Waals surface area (Å²) in [4.78, 5) is 54.0. The number of aryl methyl sites for hydroxylation is 1. The summed E-state index contributed by atoms with van der Waals surface area (Å²) in [6.45, 7) is 22.0. The Hall–Kier alpha value is -2.82. The van der Waals surface area contributed by atoms with Crippen LogP contribution in [0.2, 0.25) is 0 Å². The second-order valence-electron chi connectivity index (χ2n) is 14.6. The Bertz CT molecular complexity index is 1410. The summed E-state index contributed by atoms with van der Waals surface area (Å²) >= 11 is 0. The van der Waals surface area contributed by atoms with Gasteiger partial charge in [0, 0.05) is 16.6 Å². The molecule has 0 heterocycles. The maximum atomic E-state index is 14.6. The predicted molar refractivity (Wildman–Crippen MR) is 157 cm³/mol. The summed E-state index contributed by atoms with van der Waals surface area (Å²) in [5.41, 5.74) is 5.24. The van der Waals surface area contributed by atoms with E-state index >= 15 is 0 Å². The molecule has 0 N–H and O–H groups in total. The molecule has 0 saturated heterocycles. The molecule has 0 amide bonds. The van der Waals surface area contributed by atoms with E-state index in [1.807, 2.05) is 48.5 Å². The molecular weight excluding hydrogens is 500 g/mol. The molecule has 40 heavy (non-hydrogen) atoms. The van der Waals surface area contributed by atoms with Crippen molar-refractivity contribution in [3.05, 3.63) is 56.2 Å². The van der Waals surface area contributed by atoms with Crippen LogP contribution in [0, 0.1) is 28.6 Å². The van der Waals surface area contributed by atoms with Crippen LogP contribution in [0.5, 0.6) is 0 Å². The van der Waals surface area contributed by atoms with Crippen LogP contribution in [0.3, 0.4) is 0 Å². The largest absolute Gasteiger partial charge is 0.465 e. The molecule has 3 atom stereocenters. The number of ether oxygens (including phenoxy) is 1. The maximum Gasteiger partial charge on any atom is 0.310 e. The topological polar surface area (TPSA) is 77.5 Å². The van der Waals surface area contributed by atoms with Gasteiger partial charge in [-0.1, -0.05) is 58.8 Å². The molecule has 1 aromatic rings. The summed E-state index contributed by atoms with van der Waals surface area (Å²) in [7, 11) is 0. The van der Waals surface area contributed by atoms with Crippen molar-refractivity contribution in [1.29, 1.82) is 0 Å². The number of carbonyl (C=O) groups is 4. The van der Waals surface area contributed by atoms with Gasteiger partial charge in [-0.05, 0) is 93.4 Å². The number of allylic oxidation sites excluding steroid dienone is 4. The zero-order valence-electron chi connectivity index (χ0n) is 26.4. The lowest BCUT2D eigenvalue weighted by Crippen LogP contribution is -2.57. The molecule has 5 nitrogen and oxygen atoms in total. The molecule has 0 spiro atoms. The number of carbonyl (C=O) groups excluding carboxylic acids is 4. The molecule has 0 saturated carbocycles. The van der Waals surface area contributed by atoms with Gasteiger partial charge in [0.15, 0.2) is 17.3 Å². The molecule has 3 unspecified atom stereocenters. The van der Waals surface area contributed by atoms with Gasteiger partial charge in [0.1, 0.15) is 0 Å². The Morgan fingerprint density at radius 1 is 1.00 bits per heavy atom. The average Bonchev–Trinajstić information content (AvgIpc) is 2.81. The summed E-state index contributed by atoms with van der Waals surface area (Å²) in [6.07, 6.45) is 2.92. The third-order valence-corrected chi connectivity index (χ3v) is 10.1. The molecule has 0 bridgehead atoms. The Morgan fingerprint density at radius 2 is 1.62 bits per heavy atom. The van der Waals surface area contributed by atoms with Crippen molar-refractivity contribution in [2.24, 2.45) is 21.7 Å². The molecule has 3 aliphatic carbocycles. The molecule has 4 rings (SSSR count). The van der Waals surface area contributed by atoms with Crippen molar-refractivity contribution in [3.63, 3.8) is 0 Å². The summed E-state index contributed by atoms with van der Waals surface area (Å²) < 4.78 is 5.56. The molecule has 216 valence electrons. The first-order chi connectivity index (χ1) is 18.3. The Balaban J connectivity index is 1.88. The first kappa shape index (κ1) is 30.1. The zero-order chi connectivity index (χ0) is 30.2. The Labute approximate surface area is 239 Å². The van der Waals surface area contributed by atoms with Crippen molar-refractivity contribution in [1.82, 2.24) is 0 Å². The molecule has 1 aromatic carbocycles. The lowest BCUT2D eigenvalue weighted by molar-refractivity contribution is -0.145. The van der Waals surface area contributed by atoms with Crippen molar-refractivity contribution >= 4 is 23.3 Å². The highest BCUT2D eigenvalue weighted by atomic mass is 16.5. The Kier molecular flexibility index (Phi) is 7.26. The van der Waals surface area contributed by atoms with Crippen LogP contribution in [0.4, 0.5) is 0 Å². The number of benzene rings is 1. The monoisotopic (exact) mass is 546 g/mol. The number of ketones is 3. The minimum absolute atomic E-state index is 0.0370. The number of rotatable bonds is 5. The van der Waals surface area contributed by atoms with Gasteiger partial charge in [0.25, 0.3) is 0 Å². The van der Waals surface area contributed by atoms with E-state index in [-0.39, 0.29) is 35.2 Å². The first-order valence-corrected chi connectivity index (χ1v) is 14.6. The highest BCUT2D eigenvalue weighted by molar-refractivity contribution is 6.24. The number of esters is 1. The smallest absolute Gasteiger partial charge is 0.310 e. The lowest BCUT2D eigenvalue weighted by Gasteiger charge is -2.59. The van der Waals surface area contributed by atoms with E-state index in [0.29, 0.717) is 42.6 Å². The van der Waals surface area contributed by atoms with Gasteiger partial charge in [0.2, 0.25) is 0 Å². The van der Waals surface area contributed by atoms with E-state index in [9.17, 15) is 19.2 Å². The fraction of sp³-hybridized carbons (Fsp3) is 0.600. The SMILES string of the molecule is CCc1cc(CC(=O)OCC(C)(C)C)c(C)c2c1CC1(C)CC3(C)CC(C)=C(C(C)=O)C(=O)C3(C)C(C)=C1C2=O. The van der Waals surface area contributed by atoms with Gasteiger partial charge in [-0.25, -0.2) is 0 Å². The fourth-order valence-electron chi connectivity index (χ4n) is 8.12. The highest BCUT2D eigenvalue weighted by Gasteiger charge is 2.63. The van der Waals surface area contributed by atoms with E-state index in [0.717, 1.165) is 39.8 Å². The summed E-state index contributed by atoms with van der Waals surface area (Å²) in [5.74, 6) is -0.692. The fourth-order valence-corrected chi connectivity index (χ4v) is 8.12. The number of fused-ring (bicyclic) bond motifs is 3.